The quantitative estimate of drug-likeness (QED) is 0.325. The molecule has 3 fully saturated rings. The number of rotatable bonds is 3. The van der Waals surface area contributed by atoms with Crippen LogP contribution in [-0.4, -0.2) is 73.4 Å². The fourth-order valence-corrected chi connectivity index (χ4v) is 2.85. The first-order chi connectivity index (χ1) is 12.9. The van der Waals surface area contributed by atoms with Crippen molar-refractivity contribution in [1.29, 1.82) is 0 Å². The van der Waals surface area contributed by atoms with Crippen molar-refractivity contribution >= 4 is 24.9 Å². The van der Waals surface area contributed by atoms with Crippen LogP contribution in [0.4, 0.5) is 13.2 Å². The Morgan fingerprint density at radius 3 is 1.74 bits per heavy atom. The van der Waals surface area contributed by atoms with E-state index in [9.17, 15) is 22.8 Å². The lowest BCUT2D eigenvalue weighted by molar-refractivity contribution is -0.117. The van der Waals surface area contributed by atoms with Gasteiger partial charge in [-0.3, -0.25) is 9.59 Å². The van der Waals surface area contributed by atoms with Crippen LogP contribution in [0.1, 0.15) is 0 Å². The van der Waals surface area contributed by atoms with Crippen molar-refractivity contribution in [3.63, 3.8) is 0 Å². The van der Waals surface area contributed by atoms with Crippen LogP contribution in [-0.2, 0) is 9.59 Å². The van der Waals surface area contributed by atoms with Gasteiger partial charge >= 0.3 is 0 Å². The van der Waals surface area contributed by atoms with Crippen molar-refractivity contribution in [2.24, 2.45) is 0 Å². The number of ketones is 2. The van der Waals surface area contributed by atoms with Crippen LogP contribution < -0.4 is 5.46 Å². The number of carbonyl (C=O) groups is 2. The molecule has 27 heavy (non-hydrogen) atoms. The van der Waals surface area contributed by atoms with Gasteiger partial charge in [0.1, 0.15) is 19.2 Å². The van der Waals surface area contributed by atoms with Gasteiger partial charge in [0.15, 0.2) is 17.5 Å². The summed E-state index contributed by atoms with van der Waals surface area (Å²) in [7, 11) is 4.98. The second-order valence-electron chi connectivity index (χ2n) is 6.68. The third-order valence-electron chi connectivity index (χ3n) is 4.49. The maximum absolute atomic E-state index is 12.4. The van der Waals surface area contributed by atoms with Crippen LogP contribution in [0.15, 0.2) is 35.3 Å². The molecule has 0 unspecified atom stereocenters. The molecule has 0 saturated carbocycles. The van der Waals surface area contributed by atoms with Crippen molar-refractivity contribution < 1.29 is 22.8 Å². The summed E-state index contributed by atoms with van der Waals surface area (Å²) in [5.41, 5.74) is 1.76. The molecular formula is C18H15BF3N3O2. The van der Waals surface area contributed by atoms with Gasteiger partial charge in [0.05, 0.1) is 5.70 Å². The van der Waals surface area contributed by atoms with Crippen molar-refractivity contribution in [2.45, 2.75) is 0 Å². The third kappa shape index (κ3) is 3.58. The van der Waals surface area contributed by atoms with Crippen LogP contribution in [0.25, 0.3) is 0 Å². The van der Waals surface area contributed by atoms with Crippen molar-refractivity contribution in [2.75, 3.05) is 39.3 Å². The summed E-state index contributed by atoms with van der Waals surface area (Å²) >= 11 is 0. The molecule has 0 N–H and O–H groups in total. The third-order valence-corrected chi connectivity index (χ3v) is 4.49. The van der Waals surface area contributed by atoms with Gasteiger partial charge in [0, 0.05) is 45.3 Å². The van der Waals surface area contributed by atoms with Gasteiger partial charge in [-0.2, -0.15) is 0 Å². The first-order valence-electron chi connectivity index (χ1n) is 8.56. The Balaban J connectivity index is 0.000000155. The summed E-state index contributed by atoms with van der Waals surface area (Å²) in [5, 5.41) is 0. The number of allylic oxidation sites excluding steroid dienone is 1. The Kier molecular flexibility index (Phi) is 4.24. The molecule has 5 rings (SSSR count). The van der Waals surface area contributed by atoms with Gasteiger partial charge in [-0.1, -0.05) is 5.46 Å². The van der Waals surface area contributed by atoms with Gasteiger partial charge in [-0.05, 0) is 12.1 Å². The standard InChI is InChI=1S/C12H13N3O2.C6H2BF3/c16-9-7-8(13-1-2-13)12(17)11(15-5-6-15)10(9)14-3-4-14;7-3-1-4(8)6(10)5(9)2-3/h7H,1-6H2;1-2H. The van der Waals surface area contributed by atoms with Crippen LogP contribution in [0.5, 0.6) is 0 Å². The van der Waals surface area contributed by atoms with E-state index < -0.39 is 17.5 Å². The van der Waals surface area contributed by atoms with Crippen LogP contribution in [0.3, 0.4) is 0 Å². The molecule has 1 aromatic rings. The molecule has 0 bridgehead atoms. The summed E-state index contributed by atoms with van der Waals surface area (Å²) in [4.78, 5) is 30.5. The summed E-state index contributed by atoms with van der Waals surface area (Å²) in [6.07, 6.45) is 1.52. The lowest BCUT2D eigenvalue weighted by Crippen LogP contribution is -2.29. The molecule has 0 amide bonds. The zero-order valence-electron chi connectivity index (χ0n) is 14.3. The minimum Gasteiger partial charge on any atom is -0.365 e. The zero-order valence-corrected chi connectivity index (χ0v) is 14.3. The summed E-state index contributed by atoms with van der Waals surface area (Å²) < 4.78 is 36.4. The van der Waals surface area contributed by atoms with E-state index >= 15 is 0 Å². The van der Waals surface area contributed by atoms with Crippen molar-refractivity contribution in [3.05, 3.63) is 52.8 Å². The molecule has 0 atom stereocenters. The molecule has 1 aromatic carbocycles. The van der Waals surface area contributed by atoms with E-state index in [1.165, 1.54) is 6.08 Å². The lowest BCUT2D eigenvalue weighted by Gasteiger charge is -2.21. The molecule has 1 aliphatic carbocycles. The fourth-order valence-electron chi connectivity index (χ4n) is 2.85. The van der Waals surface area contributed by atoms with E-state index in [1.807, 2.05) is 14.7 Å². The van der Waals surface area contributed by atoms with Crippen LogP contribution in [0, 0.1) is 17.5 Å². The second kappa shape index (κ2) is 6.47. The van der Waals surface area contributed by atoms with Crippen LogP contribution >= 0.6 is 0 Å². The Hall–Kier alpha value is -2.71. The minimum absolute atomic E-state index is 0.00546. The molecule has 3 saturated heterocycles. The number of benzene rings is 1. The highest BCUT2D eigenvalue weighted by Crippen LogP contribution is 2.33. The number of hydrogen-bond donors (Lipinski definition) is 0. The smallest absolute Gasteiger partial charge is 0.227 e. The fraction of sp³-hybridized carbons (Fsp3) is 0.333. The molecule has 3 heterocycles. The van der Waals surface area contributed by atoms with Crippen molar-refractivity contribution in [3.8, 4) is 0 Å². The van der Waals surface area contributed by atoms with E-state index in [0.717, 1.165) is 51.4 Å². The molecule has 4 aliphatic rings. The van der Waals surface area contributed by atoms with E-state index in [2.05, 4.69) is 0 Å². The molecule has 138 valence electrons. The molecule has 9 heteroatoms. The lowest BCUT2D eigenvalue weighted by atomic mass is 9.96. The van der Waals surface area contributed by atoms with E-state index in [1.54, 1.807) is 0 Å². The first kappa shape index (κ1) is 17.7. The highest BCUT2D eigenvalue weighted by atomic mass is 19.2. The molecule has 0 spiro atoms. The maximum Gasteiger partial charge on any atom is 0.227 e. The maximum atomic E-state index is 12.4. The number of nitrogens with zero attached hydrogens (tertiary/aromatic N) is 3. The molecule has 0 aromatic heterocycles. The summed E-state index contributed by atoms with van der Waals surface area (Å²) in [6.45, 7) is 5.41. The van der Waals surface area contributed by atoms with Gasteiger partial charge in [-0.25, -0.2) is 13.2 Å². The SMILES string of the molecule is O=C1C=C(N2CC2)C(=O)C(N2CC2)=C1N1CC1.[B]c1cc(F)c(F)c(F)c1. The highest BCUT2D eigenvalue weighted by Gasteiger charge is 2.43. The van der Waals surface area contributed by atoms with E-state index in [-0.39, 0.29) is 17.0 Å². The minimum atomic E-state index is -1.49. The average molecular weight is 373 g/mol. The second-order valence-corrected chi connectivity index (χ2v) is 6.68. The molecule has 2 radical (unpaired) electrons. The van der Waals surface area contributed by atoms with Gasteiger partial charge in [-0.15, -0.1) is 0 Å². The zero-order chi connectivity index (χ0) is 19.3. The topological polar surface area (TPSA) is 43.2 Å². The number of carbonyl (C=O) groups excluding carboxylic acids is 2. The van der Waals surface area contributed by atoms with Gasteiger partial charge in [0.25, 0.3) is 0 Å². The van der Waals surface area contributed by atoms with Crippen LogP contribution in [0.2, 0.25) is 0 Å². The normalized spacial score (nSPS) is 20.4. The van der Waals surface area contributed by atoms with Gasteiger partial charge in [0.2, 0.25) is 11.6 Å². The molecular weight excluding hydrogens is 358 g/mol. The van der Waals surface area contributed by atoms with Crippen molar-refractivity contribution in [1.82, 2.24) is 14.7 Å². The number of hydrogen-bond acceptors (Lipinski definition) is 5. The largest absolute Gasteiger partial charge is 0.365 e. The molecule has 3 aliphatic heterocycles. The van der Waals surface area contributed by atoms with E-state index in [4.69, 9.17) is 7.85 Å². The molecule has 5 nitrogen and oxygen atoms in total. The monoisotopic (exact) mass is 373 g/mol. The Morgan fingerprint density at radius 1 is 0.778 bits per heavy atom. The highest BCUT2D eigenvalue weighted by molar-refractivity contribution is 6.32. The average Bonchev–Trinajstić information content (AvgIpc) is 3.48. The summed E-state index contributed by atoms with van der Waals surface area (Å²) in [6, 6.07) is 1.44. The Bertz CT molecular complexity index is 880. The van der Waals surface area contributed by atoms with E-state index in [0.29, 0.717) is 17.1 Å². The predicted octanol–water partition coefficient (Wildman–Crippen LogP) is 0.0782. The first-order valence-corrected chi connectivity index (χ1v) is 8.56. The predicted molar refractivity (Wildman–Crippen MR) is 91.5 cm³/mol. The van der Waals surface area contributed by atoms with Gasteiger partial charge < -0.3 is 14.7 Å². The summed E-state index contributed by atoms with van der Waals surface area (Å²) in [5.74, 6) is -3.98. The Morgan fingerprint density at radius 2 is 1.26 bits per heavy atom. The number of halogens is 3. The Labute approximate surface area is 155 Å². The number of Topliss-reactive ketones (excluding diaryl/α,β-unsaturated/α-hetero) is 1.